The molecule has 0 saturated carbocycles. The summed E-state index contributed by atoms with van der Waals surface area (Å²) in [7, 11) is 3.15. The molecule has 1 heterocycles. The van der Waals surface area contributed by atoms with Gasteiger partial charge in [0.25, 0.3) is 5.91 Å². The van der Waals surface area contributed by atoms with Crippen LogP contribution in [0.15, 0.2) is 54.7 Å². The largest absolute Gasteiger partial charge is 0.497 e. The van der Waals surface area contributed by atoms with Crippen molar-refractivity contribution in [2.24, 2.45) is 0 Å². The van der Waals surface area contributed by atoms with E-state index in [4.69, 9.17) is 14.6 Å². The van der Waals surface area contributed by atoms with Crippen LogP contribution < -0.4 is 9.47 Å². The second-order valence-corrected chi connectivity index (χ2v) is 6.35. The summed E-state index contributed by atoms with van der Waals surface area (Å²) in [6, 6.07) is 15.0. The molecule has 0 saturated heterocycles. The number of aliphatic hydroxyl groups is 1. The Bertz CT molecular complexity index is 969. The summed E-state index contributed by atoms with van der Waals surface area (Å²) >= 11 is 0. The van der Waals surface area contributed by atoms with E-state index in [-0.39, 0.29) is 19.1 Å². The number of carbonyl (C=O) groups excluding carboxylic acids is 1. The number of hydrogen-bond donors (Lipinski definition) is 1. The van der Waals surface area contributed by atoms with Crippen LogP contribution in [0.1, 0.15) is 17.3 Å². The molecule has 0 bridgehead atoms. The number of likely N-dealkylation sites (N-methyl/N-ethyl adjacent to an activating group) is 1. The molecule has 0 spiro atoms. The van der Waals surface area contributed by atoms with Crippen molar-refractivity contribution in [1.82, 2.24) is 14.7 Å². The number of amides is 1. The van der Waals surface area contributed by atoms with Crippen LogP contribution in [0.5, 0.6) is 11.5 Å². The lowest BCUT2D eigenvalue weighted by Crippen LogP contribution is -2.33. The first kappa shape index (κ1) is 20.4. The second-order valence-electron chi connectivity index (χ2n) is 6.35. The lowest BCUT2D eigenvalue weighted by molar-refractivity contribution is 0.0732. The highest BCUT2D eigenvalue weighted by molar-refractivity contribution is 6.00. The zero-order valence-electron chi connectivity index (χ0n) is 16.8. The Labute approximate surface area is 170 Å². The van der Waals surface area contributed by atoms with E-state index in [9.17, 15) is 9.90 Å². The van der Waals surface area contributed by atoms with Gasteiger partial charge in [-0.25, -0.2) is 4.68 Å². The number of hydrogen-bond acceptors (Lipinski definition) is 5. The highest BCUT2D eigenvalue weighted by atomic mass is 16.5. The van der Waals surface area contributed by atoms with Gasteiger partial charge in [0.2, 0.25) is 0 Å². The number of nitrogens with zero attached hydrogens (tertiary/aromatic N) is 3. The van der Waals surface area contributed by atoms with Gasteiger partial charge >= 0.3 is 0 Å². The van der Waals surface area contributed by atoms with Gasteiger partial charge in [0.05, 0.1) is 32.1 Å². The number of ether oxygens (including phenoxy) is 2. The lowest BCUT2D eigenvalue weighted by Gasteiger charge is -2.19. The molecule has 1 amide bonds. The number of benzene rings is 2. The molecular formula is C22H25N3O4. The van der Waals surface area contributed by atoms with Crippen molar-refractivity contribution >= 4 is 5.91 Å². The number of methoxy groups -OCH3 is 2. The minimum atomic E-state index is -0.198. The van der Waals surface area contributed by atoms with Crippen molar-refractivity contribution in [3.63, 3.8) is 0 Å². The SMILES string of the molecule is CCN(CCO)C(=O)c1cn(-c2ccccc2)nc1-c1ccc(OC)cc1OC. The molecule has 7 heteroatoms. The summed E-state index contributed by atoms with van der Waals surface area (Å²) in [5.41, 5.74) is 2.47. The Morgan fingerprint density at radius 3 is 2.52 bits per heavy atom. The summed E-state index contributed by atoms with van der Waals surface area (Å²) in [6.07, 6.45) is 1.72. The summed E-state index contributed by atoms with van der Waals surface area (Å²) in [4.78, 5) is 14.8. The first-order valence-corrected chi connectivity index (χ1v) is 9.40. The molecule has 2 aromatic carbocycles. The Morgan fingerprint density at radius 2 is 1.90 bits per heavy atom. The molecule has 0 atom stereocenters. The van der Waals surface area contributed by atoms with Crippen molar-refractivity contribution in [3.05, 3.63) is 60.3 Å². The van der Waals surface area contributed by atoms with Crippen LogP contribution in [0.3, 0.4) is 0 Å². The van der Waals surface area contributed by atoms with Crippen molar-refractivity contribution in [3.8, 4) is 28.4 Å². The molecule has 0 aliphatic carbocycles. The molecule has 0 aliphatic heterocycles. The van der Waals surface area contributed by atoms with E-state index >= 15 is 0 Å². The topological polar surface area (TPSA) is 76.8 Å². The maximum atomic E-state index is 13.2. The van der Waals surface area contributed by atoms with Crippen molar-refractivity contribution in [1.29, 1.82) is 0 Å². The van der Waals surface area contributed by atoms with Gasteiger partial charge in [0.15, 0.2) is 0 Å². The summed E-state index contributed by atoms with van der Waals surface area (Å²) in [6.45, 7) is 2.51. The molecule has 0 radical (unpaired) electrons. The molecule has 3 rings (SSSR count). The second kappa shape index (κ2) is 9.25. The zero-order valence-corrected chi connectivity index (χ0v) is 16.8. The summed E-state index contributed by atoms with van der Waals surface area (Å²) < 4.78 is 12.5. The Balaban J connectivity index is 2.17. The van der Waals surface area contributed by atoms with E-state index in [0.717, 1.165) is 5.69 Å². The van der Waals surface area contributed by atoms with Crippen molar-refractivity contribution in [2.75, 3.05) is 33.9 Å². The third kappa shape index (κ3) is 4.25. The van der Waals surface area contributed by atoms with E-state index in [0.29, 0.717) is 34.9 Å². The third-order valence-electron chi connectivity index (χ3n) is 4.67. The fourth-order valence-electron chi connectivity index (χ4n) is 3.13. The Hall–Kier alpha value is -3.32. The van der Waals surface area contributed by atoms with Gasteiger partial charge < -0.3 is 19.5 Å². The average molecular weight is 395 g/mol. The highest BCUT2D eigenvalue weighted by Gasteiger charge is 2.24. The fraction of sp³-hybridized carbons (Fsp3) is 0.273. The van der Waals surface area contributed by atoms with Crippen LogP contribution in [-0.2, 0) is 0 Å². The maximum absolute atomic E-state index is 13.2. The van der Waals surface area contributed by atoms with Crippen LogP contribution in [-0.4, -0.2) is 59.6 Å². The molecule has 29 heavy (non-hydrogen) atoms. The lowest BCUT2D eigenvalue weighted by atomic mass is 10.1. The van der Waals surface area contributed by atoms with Gasteiger partial charge in [-0.15, -0.1) is 0 Å². The van der Waals surface area contributed by atoms with Crippen LogP contribution in [0.2, 0.25) is 0 Å². The number of aliphatic hydroxyl groups excluding tert-OH is 1. The fourth-order valence-corrected chi connectivity index (χ4v) is 3.13. The molecule has 1 N–H and O–H groups in total. The van der Waals surface area contributed by atoms with E-state index in [2.05, 4.69) is 0 Å². The smallest absolute Gasteiger partial charge is 0.257 e. The molecule has 0 aliphatic rings. The number of rotatable bonds is 8. The highest BCUT2D eigenvalue weighted by Crippen LogP contribution is 2.35. The standard InChI is InChI=1S/C22H25N3O4/c1-4-24(12-13-26)22(27)19-15-25(16-8-6-5-7-9-16)23-21(19)18-11-10-17(28-2)14-20(18)29-3/h5-11,14-15,26H,4,12-13H2,1-3H3. The molecular weight excluding hydrogens is 370 g/mol. The number of carbonyl (C=O) groups is 1. The summed E-state index contributed by atoms with van der Waals surface area (Å²) in [5.74, 6) is 1.01. The molecule has 1 aromatic heterocycles. The number of aromatic nitrogens is 2. The predicted octanol–water partition coefficient (Wildman–Crippen LogP) is 3.01. The first-order valence-electron chi connectivity index (χ1n) is 9.40. The molecule has 3 aromatic rings. The van der Waals surface area contributed by atoms with Crippen LogP contribution in [0, 0.1) is 0 Å². The minimum absolute atomic E-state index is 0.104. The maximum Gasteiger partial charge on any atom is 0.257 e. The molecule has 152 valence electrons. The van der Waals surface area contributed by atoms with E-state index in [1.807, 2.05) is 43.3 Å². The van der Waals surface area contributed by atoms with E-state index in [1.54, 1.807) is 42.1 Å². The normalized spacial score (nSPS) is 10.6. The number of para-hydroxylation sites is 1. The zero-order chi connectivity index (χ0) is 20.8. The van der Waals surface area contributed by atoms with Gasteiger partial charge in [0.1, 0.15) is 17.2 Å². The van der Waals surface area contributed by atoms with Crippen molar-refractivity contribution in [2.45, 2.75) is 6.92 Å². The summed E-state index contributed by atoms with van der Waals surface area (Å²) in [5, 5.41) is 14.0. The molecule has 0 fully saturated rings. The van der Waals surface area contributed by atoms with Gasteiger partial charge in [-0.2, -0.15) is 5.10 Å². The predicted molar refractivity (Wildman–Crippen MR) is 111 cm³/mol. The van der Waals surface area contributed by atoms with E-state index in [1.165, 1.54) is 0 Å². The Morgan fingerprint density at radius 1 is 1.14 bits per heavy atom. The van der Waals surface area contributed by atoms with Crippen LogP contribution in [0.25, 0.3) is 16.9 Å². The van der Waals surface area contributed by atoms with Gasteiger partial charge in [0, 0.05) is 30.9 Å². The van der Waals surface area contributed by atoms with Crippen LogP contribution in [0.4, 0.5) is 0 Å². The van der Waals surface area contributed by atoms with Crippen molar-refractivity contribution < 1.29 is 19.4 Å². The molecule has 0 unspecified atom stereocenters. The monoisotopic (exact) mass is 395 g/mol. The van der Waals surface area contributed by atoms with Gasteiger partial charge in [-0.3, -0.25) is 4.79 Å². The third-order valence-corrected chi connectivity index (χ3v) is 4.67. The van der Waals surface area contributed by atoms with Gasteiger partial charge in [-0.1, -0.05) is 18.2 Å². The minimum Gasteiger partial charge on any atom is -0.497 e. The quantitative estimate of drug-likeness (QED) is 0.634. The van der Waals surface area contributed by atoms with E-state index < -0.39 is 0 Å². The van der Waals surface area contributed by atoms with Crippen LogP contribution >= 0.6 is 0 Å². The van der Waals surface area contributed by atoms with Gasteiger partial charge in [-0.05, 0) is 31.2 Å². The Kier molecular flexibility index (Phi) is 6.51. The molecule has 7 nitrogen and oxygen atoms in total. The first-order chi connectivity index (χ1) is 14.1. The average Bonchev–Trinajstić information content (AvgIpc) is 3.22.